The summed E-state index contributed by atoms with van der Waals surface area (Å²) in [6.07, 6.45) is 0.739. The van der Waals surface area contributed by atoms with Crippen molar-refractivity contribution in [3.05, 3.63) is 89.0 Å². The predicted molar refractivity (Wildman–Crippen MR) is 132 cm³/mol. The second kappa shape index (κ2) is 9.40. The van der Waals surface area contributed by atoms with Gasteiger partial charge in [-0.1, -0.05) is 36.4 Å². The lowest BCUT2D eigenvalue weighted by molar-refractivity contribution is -0.114. The average molecular weight is 478 g/mol. The van der Waals surface area contributed by atoms with Crippen LogP contribution in [0.4, 0.5) is 11.4 Å². The number of hydrogen-bond donors (Lipinski definition) is 2. The van der Waals surface area contributed by atoms with Crippen molar-refractivity contribution in [3.8, 4) is 0 Å². The van der Waals surface area contributed by atoms with Crippen LogP contribution >= 0.6 is 0 Å². The summed E-state index contributed by atoms with van der Waals surface area (Å²) in [6, 6.07) is 19.7. The first kappa shape index (κ1) is 23.7. The van der Waals surface area contributed by atoms with Gasteiger partial charge in [0.05, 0.1) is 5.69 Å². The molecule has 34 heavy (non-hydrogen) atoms. The molecule has 7 nitrogen and oxygen atoms in total. The van der Waals surface area contributed by atoms with Crippen molar-refractivity contribution in [3.63, 3.8) is 0 Å². The highest BCUT2D eigenvalue weighted by molar-refractivity contribution is 7.89. The van der Waals surface area contributed by atoms with Crippen molar-refractivity contribution in [1.29, 1.82) is 0 Å². The van der Waals surface area contributed by atoms with Crippen LogP contribution in [0.2, 0.25) is 0 Å². The third-order valence-electron chi connectivity index (χ3n) is 5.81. The first-order valence-electron chi connectivity index (χ1n) is 11.0. The van der Waals surface area contributed by atoms with Gasteiger partial charge in [0.15, 0.2) is 0 Å². The largest absolute Gasteiger partial charge is 0.325 e. The molecule has 3 aromatic carbocycles. The molecule has 1 atom stereocenters. The lowest BCUT2D eigenvalue weighted by atomic mass is 10.1. The molecule has 2 N–H and O–H groups in total. The minimum atomic E-state index is -3.90. The van der Waals surface area contributed by atoms with Gasteiger partial charge in [0, 0.05) is 30.8 Å². The van der Waals surface area contributed by atoms with Crippen molar-refractivity contribution in [2.75, 3.05) is 10.2 Å². The number of sulfonamides is 1. The summed E-state index contributed by atoms with van der Waals surface area (Å²) in [4.78, 5) is 26.5. The number of nitrogens with one attached hydrogen (secondary N) is 2. The van der Waals surface area contributed by atoms with Crippen LogP contribution in [0.3, 0.4) is 0 Å². The third kappa shape index (κ3) is 4.88. The number of carbonyl (C=O) groups is 2. The lowest BCUT2D eigenvalue weighted by Crippen LogP contribution is -2.35. The molecule has 0 unspecified atom stereocenters. The molecular formula is C26H27N3O4S. The van der Waals surface area contributed by atoms with Gasteiger partial charge in [-0.15, -0.1) is 0 Å². The standard InChI is InChI=1S/C26H27N3O4S/c1-17-9-12-23(28-19(3)30)25(13-17)34(32,33)27-16-20-10-11-22-14-18(2)29(24(22)15-20)26(31)21-7-5-4-6-8-21/h4-13,15,18,27H,14,16H2,1-3H3,(H,28,30)/t18-/m1/s1. The summed E-state index contributed by atoms with van der Waals surface area (Å²) in [7, 11) is -3.90. The number of anilines is 2. The molecule has 0 aromatic heterocycles. The number of nitrogens with zero attached hydrogens (tertiary/aromatic N) is 1. The van der Waals surface area contributed by atoms with E-state index in [-0.39, 0.29) is 35.0 Å². The Kier molecular flexibility index (Phi) is 6.54. The highest BCUT2D eigenvalue weighted by atomic mass is 32.2. The van der Waals surface area contributed by atoms with Crippen molar-refractivity contribution in [2.24, 2.45) is 0 Å². The van der Waals surface area contributed by atoms with E-state index in [4.69, 9.17) is 0 Å². The highest BCUT2D eigenvalue weighted by Crippen LogP contribution is 2.34. The molecule has 0 saturated heterocycles. The van der Waals surface area contributed by atoms with Gasteiger partial charge >= 0.3 is 0 Å². The topological polar surface area (TPSA) is 95.6 Å². The molecule has 8 heteroatoms. The van der Waals surface area contributed by atoms with Crippen molar-refractivity contribution in [1.82, 2.24) is 4.72 Å². The van der Waals surface area contributed by atoms with E-state index in [0.717, 1.165) is 28.8 Å². The van der Waals surface area contributed by atoms with Crippen LogP contribution in [0.1, 0.15) is 40.9 Å². The van der Waals surface area contributed by atoms with Gasteiger partial charge < -0.3 is 10.2 Å². The molecule has 4 rings (SSSR count). The molecular weight excluding hydrogens is 450 g/mol. The van der Waals surface area contributed by atoms with Gasteiger partial charge in [-0.3, -0.25) is 9.59 Å². The summed E-state index contributed by atoms with van der Waals surface area (Å²) in [5, 5.41) is 2.58. The van der Waals surface area contributed by atoms with Crippen molar-refractivity contribution < 1.29 is 18.0 Å². The number of fused-ring (bicyclic) bond motifs is 1. The molecule has 0 aliphatic carbocycles. The van der Waals surface area contributed by atoms with E-state index in [1.807, 2.05) is 43.3 Å². The van der Waals surface area contributed by atoms with E-state index >= 15 is 0 Å². The minimum absolute atomic E-state index is 0.00200. The number of benzene rings is 3. The molecule has 176 valence electrons. The normalized spacial score (nSPS) is 15.1. The Morgan fingerprint density at radius 1 is 1.03 bits per heavy atom. The lowest BCUT2D eigenvalue weighted by Gasteiger charge is -2.23. The Morgan fingerprint density at radius 3 is 2.47 bits per heavy atom. The molecule has 0 radical (unpaired) electrons. The number of rotatable bonds is 6. The van der Waals surface area contributed by atoms with Crippen LogP contribution in [-0.2, 0) is 27.8 Å². The Morgan fingerprint density at radius 2 is 1.76 bits per heavy atom. The van der Waals surface area contributed by atoms with Crippen LogP contribution in [0, 0.1) is 6.92 Å². The molecule has 1 aliphatic heterocycles. The van der Waals surface area contributed by atoms with E-state index in [1.54, 1.807) is 36.1 Å². The predicted octanol–water partition coefficient (Wildman–Crippen LogP) is 4.02. The Balaban J connectivity index is 1.58. The van der Waals surface area contributed by atoms with E-state index in [1.165, 1.54) is 13.0 Å². The van der Waals surface area contributed by atoms with Gasteiger partial charge in [-0.2, -0.15) is 0 Å². The van der Waals surface area contributed by atoms with Crippen LogP contribution in [0.25, 0.3) is 0 Å². The minimum Gasteiger partial charge on any atom is -0.325 e. The van der Waals surface area contributed by atoms with Crippen LogP contribution in [0.15, 0.2) is 71.6 Å². The van der Waals surface area contributed by atoms with Crippen LogP contribution < -0.4 is 14.9 Å². The molecule has 1 aliphatic rings. The summed E-state index contributed by atoms with van der Waals surface area (Å²) < 4.78 is 28.8. The summed E-state index contributed by atoms with van der Waals surface area (Å²) in [5.41, 5.74) is 4.18. The Bertz CT molecular complexity index is 1350. The number of hydrogen-bond acceptors (Lipinski definition) is 4. The Hall–Kier alpha value is -3.49. The van der Waals surface area contributed by atoms with Gasteiger partial charge in [0.25, 0.3) is 5.91 Å². The molecule has 0 spiro atoms. The fourth-order valence-electron chi connectivity index (χ4n) is 4.19. The third-order valence-corrected chi connectivity index (χ3v) is 7.25. The molecule has 2 amide bonds. The first-order valence-corrected chi connectivity index (χ1v) is 12.5. The van der Waals surface area contributed by atoms with Gasteiger partial charge in [0.2, 0.25) is 15.9 Å². The zero-order chi connectivity index (χ0) is 24.5. The zero-order valence-corrected chi connectivity index (χ0v) is 20.1. The van der Waals surface area contributed by atoms with E-state index in [2.05, 4.69) is 10.0 Å². The fourth-order valence-corrected chi connectivity index (χ4v) is 5.46. The second-order valence-electron chi connectivity index (χ2n) is 8.56. The van der Waals surface area contributed by atoms with Crippen LogP contribution in [-0.4, -0.2) is 26.3 Å². The highest BCUT2D eigenvalue weighted by Gasteiger charge is 2.31. The van der Waals surface area contributed by atoms with Gasteiger partial charge in [0.1, 0.15) is 4.90 Å². The maximum Gasteiger partial charge on any atom is 0.258 e. The second-order valence-corrected chi connectivity index (χ2v) is 10.3. The van der Waals surface area contributed by atoms with Gasteiger partial charge in [-0.05, 0) is 67.3 Å². The maximum absolute atomic E-state index is 13.2. The maximum atomic E-state index is 13.2. The summed E-state index contributed by atoms with van der Waals surface area (Å²) >= 11 is 0. The molecule has 3 aromatic rings. The Labute approximate surface area is 199 Å². The molecule has 0 saturated carbocycles. The number of carbonyl (C=O) groups excluding carboxylic acids is 2. The molecule has 1 heterocycles. The number of aryl methyl sites for hydroxylation is 1. The van der Waals surface area contributed by atoms with Crippen molar-refractivity contribution >= 4 is 33.2 Å². The zero-order valence-electron chi connectivity index (χ0n) is 19.3. The average Bonchev–Trinajstić information content (AvgIpc) is 3.13. The quantitative estimate of drug-likeness (QED) is 0.561. The van der Waals surface area contributed by atoms with E-state index < -0.39 is 10.0 Å². The summed E-state index contributed by atoms with van der Waals surface area (Å²) in [6.45, 7) is 5.17. The first-order chi connectivity index (χ1) is 16.2. The fraction of sp³-hybridized carbons (Fsp3) is 0.231. The van der Waals surface area contributed by atoms with E-state index in [9.17, 15) is 18.0 Å². The van der Waals surface area contributed by atoms with Crippen molar-refractivity contribution in [2.45, 2.75) is 44.7 Å². The SMILES string of the molecule is CC(=O)Nc1ccc(C)cc1S(=O)(=O)NCc1ccc2c(c1)N(C(=O)c1ccccc1)[C@H](C)C2. The van der Waals surface area contributed by atoms with E-state index in [0.29, 0.717) is 5.56 Å². The smallest absolute Gasteiger partial charge is 0.258 e. The number of amides is 2. The molecule has 0 fully saturated rings. The molecule has 0 bridgehead atoms. The van der Waals surface area contributed by atoms with Crippen LogP contribution in [0.5, 0.6) is 0 Å². The van der Waals surface area contributed by atoms with Gasteiger partial charge in [-0.25, -0.2) is 13.1 Å². The summed E-state index contributed by atoms with van der Waals surface area (Å²) in [5.74, 6) is -0.430. The monoisotopic (exact) mass is 477 g/mol.